The number of hydrogen-bond donors (Lipinski definition) is 1. The third kappa shape index (κ3) is 5.95. The van der Waals surface area contributed by atoms with Gasteiger partial charge < -0.3 is 14.4 Å². The quantitative estimate of drug-likeness (QED) is 0.357. The van der Waals surface area contributed by atoms with Gasteiger partial charge in [-0.2, -0.15) is 13.2 Å². The molecule has 3 aromatic rings. The number of nitrogens with zero attached hydrogens (tertiary/aromatic N) is 3. The number of phenols is 1. The summed E-state index contributed by atoms with van der Waals surface area (Å²) in [6.45, 7) is 8.90. The number of aromatic hydroxyl groups is 1. The zero-order valence-corrected chi connectivity index (χ0v) is 19.0. The van der Waals surface area contributed by atoms with Gasteiger partial charge in [-0.25, -0.2) is 4.98 Å². The Balaban J connectivity index is 1.86. The van der Waals surface area contributed by atoms with Crippen molar-refractivity contribution in [3.8, 4) is 28.4 Å². The lowest BCUT2D eigenvalue weighted by Gasteiger charge is -2.16. The molecule has 1 N–H and O–H groups in total. The van der Waals surface area contributed by atoms with Crippen molar-refractivity contribution in [1.82, 2.24) is 14.5 Å². The lowest BCUT2D eigenvalue weighted by Crippen LogP contribution is -2.22. The van der Waals surface area contributed by atoms with Crippen LogP contribution in [-0.2, 0) is 17.6 Å². The van der Waals surface area contributed by atoms with Crippen LogP contribution in [0, 0.1) is 6.92 Å². The summed E-state index contributed by atoms with van der Waals surface area (Å²) in [6, 6.07) is 9.45. The molecular formula is C22H26F3N3O2Si. The minimum Gasteiger partial charge on any atom is -0.508 e. The molecule has 1 aromatic carbocycles. The molecule has 2 heterocycles. The second-order valence-electron chi connectivity index (χ2n) is 8.70. The Kier molecular flexibility index (Phi) is 6.56. The fraction of sp³-hybridized carbons (Fsp3) is 0.364. The third-order valence-corrected chi connectivity index (χ3v) is 6.51. The van der Waals surface area contributed by atoms with Gasteiger partial charge in [0, 0.05) is 38.2 Å². The fourth-order valence-corrected chi connectivity index (χ4v) is 3.69. The van der Waals surface area contributed by atoms with Gasteiger partial charge in [-0.3, -0.25) is 4.98 Å². The minimum atomic E-state index is -4.55. The van der Waals surface area contributed by atoms with E-state index in [4.69, 9.17) is 4.74 Å². The Morgan fingerprint density at radius 1 is 1.10 bits per heavy atom. The van der Waals surface area contributed by atoms with Crippen LogP contribution in [0.15, 0.2) is 42.7 Å². The highest BCUT2D eigenvalue weighted by Gasteiger charge is 2.35. The van der Waals surface area contributed by atoms with Crippen LogP contribution in [0.5, 0.6) is 5.75 Å². The molecular weight excluding hydrogens is 423 g/mol. The number of halogens is 3. The number of phenolic OH excluding ortho intramolecular Hbond substituents is 1. The van der Waals surface area contributed by atoms with Crippen molar-refractivity contribution < 1.29 is 23.0 Å². The first-order valence-corrected chi connectivity index (χ1v) is 13.6. The number of alkyl halides is 3. The second kappa shape index (κ2) is 8.84. The number of benzene rings is 1. The number of imidazole rings is 1. The molecule has 0 aliphatic carbocycles. The first-order chi connectivity index (χ1) is 14.4. The Morgan fingerprint density at radius 2 is 1.81 bits per heavy atom. The number of ether oxygens (including phenoxy) is 1. The molecule has 31 heavy (non-hydrogen) atoms. The van der Waals surface area contributed by atoms with Crippen molar-refractivity contribution in [2.24, 2.45) is 0 Å². The van der Waals surface area contributed by atoms with Crippen LogP contribution in [0.4, 0.5) is 13.2 Å². The van der Waals surface area contributed by atoms with Gasteiger partial charge in [-0.15, -0.1) is 0 Å². The van der Waals surface area contributed by atoms with Gasteiger partial charge in [0.1, 0.15) is 18.3 Å². The molecule has 166 valence electrons. The van der Waals surface area contributed by atoms with E-state index in [2.05, 4.69) is 29.6 Å². The maximum absolute atomic E-state index is 13.3. The molecule has 0 saturated heterocycles. The maximum atomic E-state index is 13.3. The summed E-state index contributed by atoms with van der Waals surface area (Å²) >= 11 is 0. The van der Waals surface area contributed by atoms with Gasteiger partial charge in [0.2, 0.25) is 0 Å². The van der Waals surface area contributed by atoms with Crippen LogP contribution in [-0.4, -0.2) is 34.3 Å². The van der Waals surface area contributed by atoms with Crippen LogP contribution in [0.2, 0.25) is 25.7 Å². The summed E-state index contributed by atoms with van der Waals surface area (Å²) in [5.74, 6) is 0.345. The lowest BCUT2D eigenvalue weighted by molar-refractivity contribution is -0.141. The van der Waals surface area contributed by atoms with Crippen molar-refractivity contribution in [2.75, 3.05) is 6.61 Å². The third-order valence-electron chi connectivity index (χ3n) is 4.81. The number of rotatable bonds is 7. The standard InChI is InChI=1S/C22H26F3N3O2Si/c1-15-11-16(6-8-19(15)29)18-7-5-17(12-26-18)21-27-20(22(23,24)25)13-28(21)14-30-9-10-31(2,3)4/h5-8,11-13,29H,9-10,14H2,1-4H3. The van der Waals surface area contributed by atoms with Crippen LogP contribution in [0.1, 0.15) is 11.3 Å². The topological polar surface area (TPSA) is 60.2 Å². The molecule has 0 atom stereocenters. The minimum absolute atomic E-state index is 0.0121. The monoisotopic (exact) mass is 449 g/mol. The van der Waals surface area contributed by atoms with Gasteiger partial charge in [0.05, 0.1) is 5.69 Å². The summed E-state index contributed by atoms with van der Waals surface area (Å²) < 4.78 is 46.8. The Bertz CT molecular complexity index is 1040. The number of hydrogen-bond acceptors (Lipinski definition) is 4. The Labute approximate surface area is 180 Å². The zero-order valence-electron chi connectivity index (χ0n) is 18.0. The van der Waals surface area contributed by atoms with Crippen molar-refractivity contribution >= 4 is 8.07 Å². The van der Waals surface area contributed by atoms with Crippen molar-refractivity contribution in [3.05, 3.63) is 54.0 Å². The van der Waals surface area contributed by atoms with E-state index in [-0.39, 0.29) is 18.3 Å². The van der Waals surface area contributed by atoms with Crippen LogP contribution in [0.3, 0.4) is 0 Å². The molecule has 0 radical (unpaired) electrons. The molecule has 0 bridgehead atoms. The van der Waals surface area contributed by atoms with E-state index >= 15 is 0 Å². The van der Waals surface area contributed by atoms with Crippen LogP contribution in [0.25, 0.3) is 22.6 Å². The summed E-state index contributed by atoms with van der Waals surface area (Å²) in [4.78, 5) is 8.19. The van der Waals surface area contributed by atoms with E-state index in [0.717, 1.165) is 17.8 Å². The molecule has 5 nitrogen and oxygen atoms in total. The van der Waals surface area contributed by atoms with E-state index in [1.807, 2.05) is 0 Å². The largest absolute Gasteiger partial charge is 0.508 e. The molecule has 0 unspecified atom stereocenters. The summed E-state index contributed by atoms with van der Waals surface area (Å²) in [5, 5.41) is 9.68. The predicted molar refractivity (Wildman–Crippen MR) is 116 cm³/mol. The second-order valence-corrected chi connectivity index (χ2v) is 14.3. The van der Waals surface area contributed by atoms with E-state index in [9.17, 15) is 18.3 Å². The van der Waals surface area contributed by atoms with Crippen molar-refractivity contribution in [3.63, 3.8) is 0 Å². The van der Waals surface area contributed by atoms with Gasteiger partial charge in [-0.05, 0) is 48.9 Å². The van der Waals surface area contributed by atoms with Gasteiger partial charge in [0.25, 0.3) is 0 Å². The Morgan fingerprint density at radius 3 is 2.39 bits per heavy atom. The number of aryl methyl sites for hydroxylation is 1. The maximum Gasteiger partial charge on any atom is 0.434 e. The fourth-order valence-electron chi connectivity index (χ4n) is 2.93. The lowest BCUT2D eigenvalue weighted by atomic mass is 10.1. The summed E-state index contributed by atoms with van der Waals surface area (Å²) in [5.41, 5.74) is 1.66. The van der Waals surface area contributed by atoms with E-state index in [0.29, 0.717) is 23.4 Å². The smallest absolute Gasteiger partial charge is 0.434 e. The SMILES string of the molecule is Cc1cc(-c2ccc(-c3nc(C(F)(F)F)cn3COCC[Si](C)(C)C)cn2)ccc1O. The molecule has 0 spiro atoms. The van der Waals surface area contributed by atoms with E-state index in [1.165, 1.54) is 10.8 Å². The summed E-state index contributed by atoms with van der Waals surface area (Å²) in [7, 11) is -1.30. The molecule has 0 amide bonds. The van der Waals surface area contributed by atoms with Crippen LogP contribution >= 0.6 is 0 Å². The summed E-state index contributed by atoms with van der Waals surface area (Å²) in [6.07, 6.45) is -2.07. The van der Waals surface area contributed by atoms with Gasteiger partial charge in [-0.1, -0.05) is 19.6 Å². The first-order valence-electron chi connectivity index (χ1n) is 9.92. The average Bonchev–Trinajstić information content (AvgIpc) is 3.11. The normalized spacial score (nSPS) is 12.4. The molecule has 0 fully saturated rings. The zero-order chi connectivity index (χ0) is 22.8. The van der Waals surface area contributed by atoms with Gasteiger partial charge >= 0.3 is 6.18 Å². The highest BCUT2D eigenvalue weighted by molar-refractivity contribution is 6.76. The molecule has 0 saturated carbocycles. The van der Waals surface area contributed by atoms with E-state index < -0.39 is 19.9 Å². The molecule has 0 aliphatic rings. The first kappa shape index (κ1) is 23.0. The highest BCUT2D eigenvalue weighted by atomic mass is 28.3. The molecule has 3 rings (SSSR count). The number of aromatic nitrogens is 3. The molecule has 2 aromatic heterocycles. The highest BCUT2D eigenvalue weighted by Crippen LogP contribution is 2.32. The molecule has 9 heteroatoms. The average molecular weight is 450 g/mol. The number of pyridine rings is 1. The van der Waals surface area contributed by atoms with Gasteiger partial charge in [0.15, 0.2) is 5.69 Å². The van der Waals surface area contributed by atoms with Crippen molar-refractivity contribution in [2.45, 2.75) is 45.5 Å². The predicted octanol–water partition coefficient (Wildman–Crippen LogP) is 5.96. The Hall–Kier alpha value is -2.65. The van der Waals surface area contributed by atoms with E-state index in [1.54, 1.807) is 37.3 Å². The van der Waals surface area contributed by atoms with Crippen LogP contribution < -0.4 is 0 Å². The molecule has 0 aliphatic heterocycles. The van der Waals surface area contributed by atoms with Crippen molar-refractivity contribution in [1.29, 1.82) is 0 Å².